The average Bonchev–Trinajstić information content (AvgIpc) is 2.46. The van der Waals surface area contributed by atoms with Crippen molar-refractivity contribution in [3.8, 4) is 5.75 Å². The van der Waals surface area contributed by atoms with Crippen LogP contribution in [-0.2, 0) is 4.79 Å². The van der Waals surface area contributed by atoms with Gasteiger partial charge in [-0.3, -0.25) is 4.79 Å². The van der Waals surface area contributed by atoms with Crippen LogP contribution in [-0.4, -0.2) is 17.6 Å². The zero-order valence-corrected chi connectivity index (χ0v) is 11.8. The van der Waals surface area contributed by atoms with Crippen LogP contribution in [0.1, 0.15) is 18.6 Å². The van der Waals surface area contributed by atoms with Crippen molar-refractivity contribution < 1.29 is 23.4 Å². The van der Waals surface area contributed by atoms with E-state index < -0.39 is 23.3 Å². The minimum absolute atomic E-state index is 0.195. The Morgan fingerprint density at radius 1 is 1.18 bits per heavy atom. The Kier molecular flexibility index (Phi) is 5.06. The number of rotatable bonds is 5. The molecule has 2 aromatic carbocycles. The molecule has 0 bridgehead atoms. The number of carbonyl (C=O) groups excluding carboxylic acids is 1. The van der Waals surface area contributed by atoms with Gasteiger partial charge in [-0.1, -0.05) is 6.07 Å². The summed E-state index contributed by atoms with van der Waals surface area (Å²) in [5.74, 6) is -1.43. The summed E-state index contributed by atoms with van der Waals surface area (Å²) in [4.78, 5) is 10.9. The number of carbonyl (C=O) groups is 1. The number of aliphatic hydroxyl groups is 1. The van der Waals surface area contributed by atoms with E-state index in [0.717, 1.165) is 12.1 Å². The van der Waals surface area contributed by atoms with Gasteiger partial charge >= 0.3 is 0 Å². The SMILES string of the molecule is CC(=O)Nc1ccc(OCC(O)c2c(F)cccc2F)cc1. The molecule has 1 unspecified atom stereocenters. The lowest BCUT2D eigenvalue weighted by Gasteiger charge is -2.14. The Labute approximate surface area is 126 Å². The number of halogens is 2. The Morgan fingerprint density at radius 3 is 2.32 bits per heavy atom. The summed E-state index contributed by atoms with van der Waals surface area (Å²) in [7, 11) is 0. The Morgan fingerprint density at radius 2 is 1.77 bits per heavy atom. The molecule has 0 heterocycles. The minimum atomic E-state index is -1.42. The van der Waals surface area contributed by atoms with Crippen molar-refractivity contribution in [1.29, 1.82) is 0 Å². The van der Waals surface area contributed by atoms with Crippen LogP contribution in [0.15, 0.2) is 42.5 Å². The molecule has 2 rings (SSSR count). The third-order valence-electron chi connectivity index (χ3n) is 2.92. The van der Waals surface area contributed by atoms with E-state index in [0.29, 0.717) is 11.4 Å². The number of nitrogens with one attached hydrogen (secondary N) is 1. The fraction of sp³-hybridized carbons (Fsp3) is 0.188. The molecule has 4 nitrogen and oxygen atoms in total. The number of anilines is 1. The first kappa shape index (κ1) is 15.9. The maximum atomic E-state index is 13.5. The number of ether oxygens (including phenoxy) is 1. The van der Waals surface area contributed by atoms with E-state index in [1.807, 2.05) is 0 Å². The molecule has 2 N–H and O–H groups in total. The summed E-state index contributed by atoms with van der Waals surface area (Å²) in [6, 6.07) is 9.77. The highest BCUT2D eigenvalue weighted by Crippen LogP contribution is 2.22. The Hall–Kier alpha value is -2.47. The van der Waals surface area contributed by atoms with Gasteiger partial charge in [-0.25, -0.2) is 8.78 Å². The third kappa shape index (κ3) is 4.02. The minimum Gasteiger partial charge on any atom is -0.491 e. The quantitative estimate of drug-likeness (QED) is 0.892. The molecule has 0 fully saturated rings. The van der Waals surface area contributed by atoms with E-state index in [4.69, 9.17) is 4.74 Å². The predicted octanol–water partition coefficient (Wildman–Crippen LogP) is 3.04. The summed E-state index contributed by atoms with van der Waals surface area (Å²) in [6.07, 6.45) is -1.42. The molecule has 116 valence electrons. The van der Waals surface area contributed by atoms with Crippen molar-refractivity contribution in [2.75, 3.05) is 11.9 Å². The van der Waals surface area contributed by atoms with Crippen LogP contribution in [0.4, 0.5) is 14.5 Å². The van der Waals surface area contributed by atoms with Crippen molar-refractivity contribution in [3.05, 3.63) is 59.7 Å². The summed E-state index contributed by atoms with van der Waals surface area (Å²) in [5, 5.41) is 12.4. The van der Waals surface area contributed by atoms with Gasteiger partial charge in [0.15, 0.2) is 0 Å². The van der Waals surface area contributed by atoms with Gasteiger partial charge < -0.3 is 15.2 Å². The molecule has 1 amide bonds. The first-order valence-electron chi connectivity index (χ1n) is 6.60. The number of benzene rings is 2. The molecule has 0 saturated heterocycles. The van der Waals surface area contributed by atoms with Gasteiger partial charge in [0.25, 0.3) is 0 Å². The van der Waals surface area contributed by atoms with E-state index in [9.17, 15) is 18.7 Å². The van der Waals surface area contributed by atoms with Gasteiger partial charge in [-0.15, -0.1) is 0 Å². The average molecular weight is 307 g/mol. The van der Waals surface area contributed by atoms with E-state index in [-0.39, 0.29) is 12.5 Å². The zero-order valence-electron chi connectivity index (χ0n) is 11.8. The topological polar surface area (TPSA) is 58.6 Å². The predicted molar refractivity (Wildman–Crippen MR) is 77.6 cm³/mol. The van der Waals surface area contributed by atoms with Crippen molar-refractivity contribution in [3.63, 3.8) is 0 Å². The fourth-order valence-electron chi connectivity index (χ4n) is 1.93. The second kappa shape index (κ2) is 7.00. The standard InChI is InChI=1S/C16H15F2NO3/c1-10(20)19-11-5-7-12(8-6-11)22-9-15(21)16-13(17)3-2-4-14(16)18/h2-8,15,21H,9H2,1H3,(H,19,20). The van der Waals surface area contributed by atoms with E-state index in [1.54, 1.807) is 24.3 Å². The highest BCUT2D eigenvalue weighted by molar-refractivity contribution is 5.88. The second-order valence-corrected chi connectivity index (χ2v) is 4.67. The Balaban J connectivity index is 1.99. The molecule has 6 heteroatoms. The largest absolute Gasteiger partial charge is 0.491 e. The summed E-state index contributed by atoms with van der Waals surface area (Å²) in [5.41, 5.74) is 0.179. The summed E-state index contributed by atoms with van der Waals surface area (Å²) >= 11 is 0. The molecular weight excluding hydrogens is 292 g/mol. The molecule has 1 atom stereocenters. The molecule has 0 aromatic heterocycles. The van der Waals surface area contributed by atoms with Crippen molar-refractivity contribution in [2.24, 2.45) is 0 Å². The summed E-state index contributed by atoms with van der Waals surface area (Å²) in [6.45, 7) is 1.10. The van der Waals surface area contributed by atoms with Crippen LogP contribution >= 0.6 is 0 Å². The van der Waals surface area contributed by atoms with E-state index in [2.05, 4.69) is 5.32 Å². The van der Waals surface area contributed by atoms with Gasteiger partial charge in [0.2, 0.25) is 5.91 Å². The van der Waals surface area contributed by atoms with E-state index in [1.165, 1.54) is 13.0 Å². The smallest absolute Gasteiger partial charge is 0.221 e. The maximum absolute atomic E-state index is 13.5. The van der Waals surface area contributed by atoms with Crippen LogP contribution < -0.4 is 10.1 Å². The lowest BCUT2D eigenvalue weighted by molar-refractivity contribution is -0.114. The molecule has 0 aliphatic carbocycles. The van der Waals surface area contributed by atoms with Crippen LogP contribution in [0.5, 0.6) is 5.75 Å². The van der Waals surface area contributed by atoms with Crippen LogP contribution in [0.25, 0.3) is 0 Å². The molecule has 0 aliphatic heterocycles. The van der Waals surface area contributed by atoms with Crippen molar-refractivity contribution >= 4 is 11.6 Å². The first-order chi connectivity index (χ1) is 10.5. The molecule has 2 aromatic rings. The number of hydrogen-bond donors (Lipinski definition) is 2. The second-order valence-electron chi connectivity index (χ2n) is 4.67. The lowest BCUT2D eigenvalue weighted by atomic mass is 10.1. The molecule has 22 heavy (non-hydrogen) atoms. The normalized spacial score (nSPS) is 11.8. The highest BCUT2D eigenvalue weighted by Gasteiger charge is 2.18. The zero-order chi connectivity index (χ0) is 16.1. The van der Waals surface area contributed by atoms with Crippen LogP contribution in [0.2, 0.25) is 0 Å². The summed E-state index contributed by atoms with van der Waals surface area (Å²) < 4.78 is 32.3. The van der Waals surface area contributed by atoms with Gasteiger partial charge in [0.05, 0.1) is 5.56 Å². The first-order valence-corrected chi connectivity index (χ1v) is 6.60. The van der Waals surface area contributed by atoms with Gasteiger partial charge in [0, 0.05) is 12.6 Å². The molecule has 0 saturated carbocycles. The van der Waals surface area contributed by atoms with Crippen molar-refractivity contribution in [1.82, 2.24) is 0 Å². The third-order valence-corrected chi connectivity index (χ3v) is 2.92. The molecule has 0 spiro atoms. The number of aliphatic hydroxyl groups excluding tert-OH is 1. The maximum Gasteiger partial charge on any atom is 0.221 e. The van der Waals surface area contributed by atoms with Crippen molar-refractivity contribution in [2.45, 2.75) is 13.0 Å². The van der Waals surface area contributed by atoms with Gasteiger partial charge in [-0.05, 0) is 36.4 Å². The lowest BCUT2D eigenvalue weighted by Crippen LogP contribution is -2.13. The Bertz CT molecular complexity index is 639. The van der Waals surface area contributed by atoms with Gasteiger partial charge in [0.1, 0.15) is 30.1 Å². The molecular formula is C16H15F2NO3. The molecule has 0 radical (unpaired) electrons. The van der Waals surface area contributed by atoms with Crippen LogP contribution in [0.3, 0.4) is 0 Å². The highest BCUT2D eigenvalue weighted by atomic mass is 19.1. The van der Waals surface area contributed by atoms with E-state index >= 15 is 0 Å². The van der Waals surface area contributed by atoms with Gasteiger partial charge in [-0.2, -0.15) is 0 Å². The number of hydrogen-bond acceptors (Lipinski definition) is 3. The monoisotopic (exact) mass is 307 g/mol. The van der Waals surface area contributed by atoms with Crippen LogP contribution in [0, 0.1) is 11.6 Å². The molecule has 0 aliphatic rings. The number of amides is 1. The fourth-order valence-corrected chi connectivity index (χ4v) is 1.93.